The van der Waals surface area contributed by atoms with Gasteiger partial charge < -0.3 is 4.55 Å². The SMILES string of the molecule is CSc1c(F)c(F)c(S(=O)(=O)[O-])c(F)c1F. The van der Waals surface area contributed by atoms with E-state index in [1.807, 2.05) is 0 Å². The number of hydrogen-bond acceptors (Lipinski definition) is 4. The summed E-state index contributed by atoms with van der Waals surface area (Å²) in [5.74, 6) is -8.22. The molecule has 0 saturated carbocycles. The summed E-state index contributed by atoms with van der Waals surface area (Å²) in [4.78, 5) is -3.16. The standard InChI is InChI=1S/C7H4F4O3S2/c1-15-6-2(8)4(10)7(16(12,13)14)5(11)3(6)9/h1H3,(H,12,13,14)/p-1. The van der Waals surface area contributed by atoms with E-state index >= 15 is 0 Å². The first-order valence-corrected chi connectivity index (χ1v) is 6.21. The third kappa shape index (κ3) is 2.02. The lowest BCUT2D eigenvalue weighted by atomic mass is 10.3. The number of thioether (sulfide) groups is 1. The fraction of sp³-hybridized carbons (Fsp3) is 0.143. The van der Waals surface area contributed by atoms with E-state index in [0.717, 1.165) is 6.26 Å². The smallest absolute Gasteiger partial charge is 0.180 e. The zero-order valence-electron chi connectivity index (χ0n) is 7.55. The molecule has 9 heteroatoms. The summed E-state index contributed by atoms with van der Waals surface area (Å²) in [7, 11) is -5.62. The van der Waals surface area contributed by atoms with Crippen LogP contribution in [0, 0.1) is 23.3 Å². The molecule has 0 amide bonds. The Morgan fingerprint density at radius 1 is 1.00 bits per heavy atom. The maximum absolute atomic E-state index is 13.0. The number of rotatable bonds is 2. The third-order valence-electron chi connectivity index (χ3n) is 1.64. The molecule has 0 saturated heterocycles. The highest BCUT2D eigenvalue weighted by molar-refractivity contribution is 7.98. The highest BCUT2D eigenvalue weighted by Gasteiger charge is 2.28. The van der Waals surface area contributed by atoms with Gasteiger partial charge in [0.2, 0.25) is 0 Å². The minimum absolute atomic E-state index is 0.343. The van der Waals surface area contributed by atoms with Gasteiger partial charge in [0.25, 0.3) is 0 Å². The maximum Gasteiger partial charge on any atom is 0.180 e. The van der Waals surface area contributed by atoms with Crippen molar-refractivity contribution < 1.29 is 30.5 Å². The Morgan fingerprint density at radius 3 is 1.62 bits per heavy atom. The molecule has 1 aromatic rings. The minimum Gasteiger partial charge on any atom is -0.744 e. The van der Waals surface area contributed by atoms with E-state index in [1.165, 1.54) is 0 Å². The molecule has 90 valence electrons. The molecule has 0 N–H and O–H groups in total. The van der Waals surface area contributed by atoms with Gasteiger partial charge in [-0.15, -0.1) is 11.8 Å². The van der Waals surface area contributed by atoms with Gasteiger partial charge in [-0.1, -0.05) is 0 Å². The van der Waals surface area contributed by atoms with Crippen LogP contribution in [0.5, 0.6) is 0 Å². The molecule has 0 unspecified atom stereocenters. The van der Waals surface area contributed by atoms with E-state index in [-0.39, 0.29) is 0 Å². The predicted molar refractivity (Wildman–Crippen MR) is 46.0 cm³/mol. The Morgan fingerprint density at radius 2 is 1.38 bits per heavy atom. The molecular formula is C7H3F4O3S2-. The predicted octanol–water partition coefficient (Wildman–Crippen LogP) is 1.87. The first-order valence-electron chi connectivity index (χ1n) is 3.57. The Labute approximate surface area is 92.2 Å². The van der Waals surface area contributed by atoms with Crippen molar-refractivity contribution in [2.45, 2.75) is 9.79 Å². The molecule has 1 rings (SSSR count). The molecule has 0 aliphatic heterocycles. The maximum atomic E-state index is 13.0. The second-order valence-electron chi connectivity index (χ2n) is 2.57. The van der Waals surface area contributed by atoms with Crippen molar-refractivity contribution in [1.29, 1.82) is 0 Å². The van der Waals surface area contributed by atoms with Crippen LogP contribution in [0.1, 0.15) is 0 Å². The second-order valence-corrected chi connectivity index (χ2v) is 4.71. The summed E-state index contributed by atoms with van der Waals surface area (Å²) in [6, 6.07) is 0. The first kappa shape index (κ1) is 13.3. The van der Waals surface area contributed by atoms with Gasteiger partial charge in [0, 0.05) is 0 Å². The molecule has 0 heterocycles. The lowest BCUT2D eigenvalue weighted by Gasteiger charge is -2.12. The van der Waals surface area contributed by atoms with Crippen LogP contribution in [0.15, 0.2) is 9.79 Å². The van der Waals surface area contributed by atoms with Gasteiger partial charge in [0.05, 0.1) is 4.90 Å². The van der Waals surface area contributed by atoms with Crippen LogP contribution in [-0.4, -0.2) is 19.2 Å². The summed E-state index contributed by atoms with van der Waals surface area (Å²) in [5, 5.41) is 0. The quantitative estimate of drug-likeness (QED) is 0.358. The van der Waals surface area contributed by atoms with Crippen molar-refractivity contribution in [3.05, 3.63) is 23.3 Å². The molecule has 3 nitrogen and oxygen atoms in total. The van der Waals surface area contributed by atoms with Gasteiger partial charge in [0.15, 0.2) is 23.3 Å². The molecular weight excluding hydrogens is 272 g/mol. The minimum atomic E-state index is -5.62. The molecule has 1 aromatic carbocycles. The van der Waals surface area contributed by atoms with Crippen molar-refractivity contribution in [2.75, 3.05) is 6.26 Å². The summed E-state index contributed by atoms with van der Waals surface area (Å²) in [6.45, 7) is 0. The van der Waals surface area contributed by atoms with E-state index in [9.17, 15) is 30.5 Å². The molecule has 0 aliphatic rings. The Hall–Kier alpha value is -0.800. The molecule has 16 heavy (non-hydrogen) atoms. The van der Waals surface area contributed by atoms with E-state index in [1.54, 1.807) is 0 Å². The Bertz CT molecular complexity index is 512. The first-order chi connectivity index (χ1) is 7.21. The van der Waals surface area contributed by atoms with Crippen molar-refractivity contribution in [1.82, 2.24) is 0 Å². The number of hydrogen-bond donors (Lipinski definition) is 0. The monoisotopic (exact) mass is 275 g/mol. The largest absolute Gasteiger partial charge is 0.744 e. The van der Waals surface area contributed by atoms with Gasteiger partial charge >= 0.3 is 0 Å². The zero-order chi connectivity index (χ0) is 12.7. The van der Waals surface area contributed by atoms with Gasteiger partial charge in [0.1, 0.15) is 15.0 Å². The average molecular weight is 275 g/mol. The third-order valence-corrected chi connectivity index (χ3v) is 3.26. The van der Waals surface area contributed by atoms with Gasteiger partial charge in [-0.05, 0) is 6.26 Å². The molecule has 0 aliphatic carbocycles. The fourth-order valence-corrected chi connectivity index (χ4v) is 2.15. The van der Waals surface area contributed by atoms with Crippen LogP contribution in [0.2, 0.25) is 0 Å². The fourth-order valence-electron chi connectivity index (χ4n) is 0.990. The van der Waals surface area contributed by atoms with Crippen LogP contribution in [-0.2, 0) is 10.1 Å². The lowest BCUT2D eigenvalue weighted by Crippen LogP contribution is -2.11. The van der Waals surface area contributed by atoms with Crippen molar-refractivity contribution in [3.8, 4) is 0 Å². The molecule has 0 bridgehead atoms. The summed E-state index contributed by atoms with van der Waals surface area (Å²) in [6.07, 6.45) is 1.13. The molecule has 0 radical (unpaired) electrons. The van der Waals surface area contributed by atoms with E-state index in [2.05, 4.69) is 0 Å². The van der Waals surface area contributed by atoms with Gasteiger partial charge in [-0.3, -0.25) is 0 Å². The zero-order valence-corrected chi connectivity index (χ0v) is 9.19. The van der Waals surface area contributed by atoms with Crippen molar-refractivity contribution in [2.24, 2.45) is 0 Å². The van der Waals surface area contributed by atoms with Crippen LogP contribution in [0.25, 0.3) is 0 Å². The Kier molecular flexibility index (Phi) is 3.50. The van der Waals surface area contributed by atoms with Gasteiger partial charge in [-0.25, -0.2) is 26.0 Å². The van der Waals surface area contributed by atoms with Gasteiger partial charge in [-0.2, -0.15) is 0 Å². The van der Waals surface area contributed by atoms with Crippen molar-refractivity contribution in [3.63, 3.8) is 0 Å². The molecule has 0 atom stereocenters. The van der Waals surface area contributed by atoms with Crippen LogP contribution < -0.4 is 0 Å². The van der Waals surface area contributed by atoms with E-state index < -0.39 is 43.2 Å². The highest BCUT2D eigenvalue weighted by Crippen LogP contribution is 2.32. The summed E-state index contributed by atoms with van der Waals surface area (Å²) < 4.78 is 83.3. The number of halogens is 4. The summed E-state index contributed by atoms with van der Waals surface area (Å²) >= 11 is 0.343. The molecule has 0 aromatic heterocycles. The van der Waals surface area contributed by atoms with E-state index in [4.69, 9.17) is 0 Å². The Balaban J connectivity index is 3.82. The summed E-state index contributed by atoms with van der Waals surface area (Å²) in [5.41, 5.74) is 0. The number of benzene rings is 1. The van der Waals surface area contributed by atoms with Crippen LogP contribution in [0.3, 0.4) is 0 Å². The highest BCUT2D eigenvalue weighted by atomic mass is 32.2. The second kappa shape index (κ2) is 4.22. The van der Waals surface area contributed by atoms with E-state index in [0.29, 0.717) is 11.8 Å². The van der Waals surface area contributed by atoms with Crippen LogP contribution in [0.4, 0.5) is 17.6 Å². The normalized spacial score (nSPS) is 11.9. The topological polar surface area (TPSA) is 57.2 Å². The average Bonchev–Trinajstić information content (AvgIpc) is 2.14. The lowest BCUT2D eigenvalue weighted by molar-refractivity contribution is 0.381. The molecule has 0 fully saturated rings. The van der Waals surface area contributed by atoms with Crippen LogP contribution >= 0.6 is 11.8 Å². The van der Waals surface area contributed by atoms with Crippen molar-refractivity contribution >= 4 is 21.9 Å². The molecule has 0 spiro atoms.